The summed E-state index contributed by atoms with van der Waals surface area (Å²) < 4.78 is 0. The maximum atomic E-state index is 12.9. The van der Waals surface area contributed by atoms with Gasteiger partial charge < -0.3 is 48.5 Å². The van der Waals surface area contributed by atoms with Crippen LogP contribution in [0.15, 0.2) is 4.99 Å². The highest BCUT2D eigenvalue weighted by atomic mass is 16.4. The van der Waals surface area contributed by atoms with Crippen LogP contribution in [0.3, 0.4) is 0 Å². The van der Waals surface area contributed by atoms with Gasteiger partial charge in [0.05, 0.1) is 19.1 Å². The van der Waals surface area contributed by atoms with Crippen LogP contribution in [-0.2, 0) is 24.0 Å². The fraction of sp³-hybridized carbons (Fsp3) is 0.684. The van der Waals surface area contributed by atoms with Crippen LogP contribution in [-0.4, -0.2) is 88.3 Å². The number of nitrogens with two attached hydrogens (primary N) is 3. The summed E-state index contributed by atoms with van der Waals surface area (Å²) in [6.45, 7) is 2.77. The molecule has 0 rings (SSSR count). The molecule has 34 heavy (non-hydrogen) atoms. The molecule has 0 aliphatic heterocycles. The van der Waals surface area contributed by atoms with Crippen molar-refractivity contribution in [2.75, 3.05) is 13.2 Å². The van der Waals surface area contributed by atoms with Gasteiger partial charge in [-0.25, -0.2) is 4.79 Å². The van der Waals surface area contributed by atoms with Crippen molar-refractivity contribution >= 4 is 35.6 Å². The lowest BCUT2D eigenvalue weighted by molar-refractivity contribution is -0.144. The average molecular weight is 490 g/mol. The Morgan fingerprint density at radius 2 is 1.44 bits per heavy atom. The maximum absolute atomic E-state index is 12.9. The molecule has 0 radical (unpaired) electrons. The molecule has 15 nitrogen and oxygen atoms in total. The number of aliphatic carboxylic acids is 2. The second-order valence-corrected chi connectivity index (χ2v) is 7.66. The lowest BCUT2D eigenvalue weighted by Gasteiger charge is -2.25. The number of rotatable bonds is 16. The summed E-state index contributed by atoms with van der Waals surface area (Å²) in [5.74, 6) is -6.03. The Morgan fingerprint density at radius 1 is 0.912 bits per heavy atom. The molecule has 0 spiro atoms. The SMILES string of the molecule is CCC(C)C(N)C(=O)NC(CCCN=C(N)N)C(=O)NC(CC(=O)O)C(=O)NC(CO)C(=O)O. The van der Waals surface area contributed by atoms with Gasteiger partial charge in [0, 0.05) is 6.54 Å². The summed E-state index contributed by atoms with van der Waals surface area (Å²) in [5, 5.41) is 33.8. The molecule has 0 aromatic heterocycles. The van der Waals surface area contributed by atoms with Gasteiger partial charge in [-0.05, 0) is 18.8 Å². The quantitative estimate of drug-likeness (QED) is 0.0580. The van der Waals surface area contributed by atoms with Gasteiger partial charge in [0.25, 0.3) is 0 Å². The van der Waals surface area contributed by atoms with Crippen LogP contribution in [0.25, 0.3) is 0 Å². The van der Waals surface area contributed by atoms with Crippen LogP contribution < -0.4 is 33.2 Å². The first-order valence-electron chi connectivity index (χ1n) is 10.6. The first-order valence-corrected chi connectivity index (χ1v) is 10.6. The van der Waals surface area contributed by atoms with Gasteiger partial charge in [-0.3, -0.25) is 24.2 Å². The van der Waals surface area contributed by atoms with Crippen LogP contribution in [0.1, 0.15) is 39.5 Å². The molecule has 0 aromatic carbocycles. The molecule has 194 valence electrons. The highest BCUT2D eigenvalue weighted by Crippen LogP contribution is 2.07. The molecule has 15 heteroatoms. The number of carboxylic acid groups (broad SMARTS) is 2. The van der Waals surface area contributed by atoms with Crippen LogP contribution in [0.4, 0.5) is 0 Å². The van der Waals surface area contributed by atoms with Gasteiger partial charge in [0.1, 0.15) is 18.1 Å². The third-order valence-electron chi connectivity index (χ3n) is 4.95. The van der Waals surface area contributed by atoms with Crippen molar-refractivity contribution in [3.05, 3.63) is 0 Å². The first kappa shape index (κ1) is 30.5. The number of carbonyl (C=O) groups is 5. The number of amides is 3. The van der Waals surface area contributed by atoms with Gasteiger partial charge >= 0.3 is 11.9 Å². The minimum atomic E-state index is -1.70. The predicted molar refractivity (Wildman–Crippen MR) is 120 cm³/mol. The molecule has 0 aliphatic carbocycles. The largest absolute Gasteiger partial charge is 0.481 e. The number of aliphatic hydroxyl groups excluding tert-OH is 1. The summed E-state index contributed by atoms with van der Waals surface area (Å²) in [6, 6.07) is -5.52. The average Bonchev–Trinajstić information content (AvgIpc) is 2.76. The number of carboxylic acids is 2. The molecule has 3 amide bonds. The van der Waals surface area contributed by atoms with Crippen LogP contribution >= 0.6 is 0 Å². The second kappa shape index (κ2) is 15.4. The van der Waals surface area contributed by atoms with E-state index in [1.807, 2.05) is 12.2 Å². The van der Waals surface area contributed by atoms with Crippen LogP contribution in [0.2, 0.25) is 0 Å². The molecule has 0 aromatic rings. The lowest BCUT2D eigenvalue weighted by Crippen LogP contribution is -2.58. The number of nitrogens with zero attached hydrogens (tertiary/aromatic N) is 1. The van der Waals surface area contributed by atoms with E-state index in [4.69, 9.17) is 32.5 Å². The summed E-state index contributed by atoms with van der Waals surface area (Å²) in [6.07, 6.45) is -0.00357. The summed E-state index contributed by atoms with van der Waals surface area (Å²) in [7, 11) is 0. The van der Waals surface area contributed by atoms with E-state index in [9.17, 15) is 24.0 Å². The normalized spacial score (nSPS) is 15.1. The van der Waals surface area contributed by atoms with Crippen molar-refractivity contribution in [3.8, 4) is 0 Å². The molecule has 0 fully saturated rings. The van der Waals surface area contributed by atoms with E-state index >= 15 is 0 Å². The zero-order valence-electron chi connectivity index (χ0n) is 19.2. The fourth-order valence-electron chi connectivity index (χ4n) is 2.67. The van der Waals surface area contributed by atoms with Crippen molar-refractivity contribution in [2.24, 2.45) is 28.1 Å². The standard InChI is InChI=1S/C19H35N7O8/c1-3-9(2)14(20)17(32)24-10(5-4-6-23-19(21)22)15(30)25-11(7-13(28)29)16(31)26-12(8-27)18(33)34/h9-12,14,27H,3-8,20H2,1-2H3,(H,24,32)(H,25,30)(H,26,31)(H,28,29)(H,33,34)(H4,21,22,23). The number of hydrogen-bond acceptors (Lipinski definition) is 8. The Balaban J connectivity index is 5.58. The van der Waals surface area contributed by atoms with E-state index in [0.717, 1.165) is 0 Å². The van der Waals surface area contributed by atoms with E-state index in [1.165, 1.54) is 0 Å². The number of guanidine groups is 1. The minimum absolute atomic E-state index is 0.0252. The van der Waals surface area contributed by atoms with Gasteiger partial charge in [0.15, 0.2) is 5.96 Å². The number of nitrogens with one attached hydrogen (secondary N) is 3. The Bertz CT molecular complexity index is 757. The highest BCUT2D eigenvalue weighted by molar-refractivity contribution is 5.95. The van der Waals surface area contributed by atoms with Gasteiger partial charge in [0.2, 0.25) is 17.7 Å². The molecular formula is C19H35N7O8. The lowest BCUT2D eigenvalue weighted by atomic mass is 9.98. The number of aliphatic hydroxyl groups is 1. The van der Waals surface area contributed by atoms with Crippen molar-refractivity contribution in [2.45, 2.75) is 63.7 Å². The molecule has 0 aliphatic rings. The zero-order chi connectivity index (χ0) is 26.4. The van der Waals surface area contributed by atoms with Gasteiger partial charge in [-0.1, -0.05) is 20.3 Å². The Morgan fingerprint density at radius 3 is 1.91 bits per heavy atom. The molecule has 5 atom stereocenters. The van der Waals surface area contributed by atoms with E-state index in [1.54, 1.807) is 6.92 Å². The number of carbonyl (C=O) groups excluding carboxylic acids is 3. The van der Waals surface area contributed by atoms with Crippen LogP contribution in [0.5, 0.6) is 0 Å². The molecule has 0 heterocycles. The van der Waals surface area contributed by atoms with Crippen molar-refractivity contribution < 1.29 is 39.3 Å². The summed E-state index contributed by atoms with van der Waals surface area (Å²) >= 11 is 0. The van der Waals surface area contributed by atoms with Gasteiger partial charge in [-0.2, -0.15) is 0 Å². The summed E-state index contributed by atoms with van der Waals surface area (Å²) in [5.41, 5.74) is 16.4. The zero-order valence-corrected chi connectivity index (χ0v) is 19.2. The number of aliphatic imine (C=N–C) groups is 1. The molecule has 0 bridgehead atoms. The third-order valence-corrected chi connectivity index (χ3v) is 4.95. The summed E-state index contributed by atoms with van der Waals surface area (Å²) in [4.78, 5) is 63.8. The molecule has 12 N–H and O–H groups in total. The van der Waals surface area contributed by atoms with E-state index in [-0.39, 0.29) is 31.3 Å². The van der Waals surface area contributed by atoms with E-state index in [0.29, 0.717) is 6.42 Å². The third kappa shape index (κ3) is 11.4. The first-order chi connectivity index (χ1) is 15.8. The Kier molecular flexibility index (Phi) is 13.8. The van der Waals surface area contributed by atoms with Crippen LogP contribution in [0, 0.1) is 5.92 Å². The van der Waals surface area contributed by atoms with Crippen molar-refractivity contribution in [1.29, 1.82) is 0 Å². The van der Waals surface area contributed by atoms with Crippen molar-refractivity contribution in [1.82, 2.24) is 16.0 Å². The molecule has 0 saturated heterocycles. The van der Waals surface area contributed by atoms with E-state index in [2.05, 4.69) is 15.6 Å². The topological polar surface area (TPSA) is 273 Å². The molecule has 0 saturated carbocycles. The second-order valence-electron chi connectivity index (χ2n) is 7.66. The smallest absolute Gasteiger partial charge is 0.328 e. The Labute approximate surface area is 196 Å². The minimum Gasteiger partial charge on any atom is -0.481 e. The van der Waals surface area contributed by atoms with Gasteiger partial charge in [-0.15, -0.1) is 0 Å². The maximum Gasteiger partial charge on any atom is 0.328 e. The fourth-order valence-corrected chi connectivity index (χ4v) is 2.67. The molecular weight excluding hydrogens is 454 g/mol. The predicted octanol–water partition coefficient (Wildman–Crippen LogP) is -3.58. The van der Waals surface area contributed by atoms with E-state index < -0.39 is 66.9 Å². The highest BCUT2D eigenvalue weighted by Gasteiger charge is 2.31. The number of hydrogen-bond donors (Lipinski definition) is 9. The Hall–Kier alpha value is -3.46. The monoisotopic (exact) mass is 489 g/mol. The molecule has 5 unspecified atom stereocenters. The van der Waals surface area contributed by atoms with Crippen molar-refractivity contribution in [3.63, 3.8) is 0 Å².